The third kappa shape index (κ3) is 2.70. The van der Waals surface area contributed by atoms with E-state index in [0.29, 0.717) is 0 Å². The first-order valence-electron chi connectivity index (χ1n) is 5.71. The molecule has 0 saturated heterocycles. The molecule has 0 bridgehead atoms. The lowest BCUT2D eigenvalue weighted by Crippen LogP contribution is -2.06. The largest absolute Gasteiger partial charge is 0.478 e. The summed E-state index contributed by atoms with van der Waals surface area (Å²) in [6.45, 7) is 3.87. The van der Waals surface area contributed by atoms with Crippen molar-refractivity contribution >= 4 is 17.5 Å². The van der Waals surface area contributed by atoms with Gasteiger partial charge in [-0.15, -0.1) is 0 Å². The monoisotopic (exact) mass is 260 g/mol. The van der Waals surface area contributed by atoms with Gasteiger partial charge in [0.1, 0.15) is 17.2 Å². The number of benzene rings is 1. The van der Waals surface area contributed by atoms with Crippen LogP contribution in [0.3, 0.4) is 0 Å². The van der Waals surface area contributed by atoms with Crippen LogP contribution in [0.2, 0.25) is 0 Å². The van der Waals surface area contributed by atoms with E-state index in [1.54, 1.807) is 0 Å². The fraction of sp³-hybridized carbons (Fsp3) is 0.143. The molecule has 0 aliphatic carbocycles. The molecule has 2 N–H and O–H groups in total. The Balaban J connectivity index is 2.44. The molecule has 0 saturated carbocycles. The van der Waals surface area contributed by atoms with Crippen LogP contribution in [-0.4, -0.2) is 16.1 Å². The number of halogens is 1. The molecular formula is C14H13FN2O2. The van der Waals surface area contributed by atoms with Crippen molar-refractivity contribution in [2.24, 2.45) is 0 Å². The Bertz CT molecular complexity index is 641. The molecule has 4 nitrogen and oxygen atoms in total. The quantitative estimate of drug-likeness (QED) is 0.889. The molecule has 0 atom stereocenters. The smallest absolute Gasteiger partial charge is 0.339 e. The first-order valence-corrected chi connectivity index (χ1v) is 5.71. The van der Waals surface area contributed by atoms with Crippen molar-refractivity contribution in [1.29, 1.82) is 0 Å². The normalized spacial score (nSPS) is 10.3. The molecule has 98 valence electrons. The summed E-state index contributed by atoms with van der Waals surface area (Å²) in [5.74, 6) is -1.77. The van der Waals surface area contributed by atoms with Crippen LogP contribution in [0.25, 0.3) is 0 Å². The summed E-state index contributed by atoms with van der Waals surface area (Å²) < 4.78 is 13.0. The number of hydrogen-bond donors (Lipinski definition) is 2. The zero-order chi connectivity index (χ0) is 14.0. The van der Waals surface area contributed by atoms with Gasteiger partial charge in [-0.3, -0.25) is 0 Å². The van der Waals surface area contributed by atoms with Crippen molar-refractivity contribution in [3.63, 3.8) is 0 Å². The van der Waals surface area contributed by atoms with E-state index in [-0.39, 0.29) is 11.4 Å². The number of carboxylic acids is 1. The summed E-state index contributed by atoms with van der Waals surface area (Å²) >= 11 is 0. The first kappa shape index (κ1) is 13.0. The minimum atomic E-state index is -1.22. The van der Waals surface area contributed by atoms with Crippen LogP contribution < -0.4 is 5.32 Å². The fourth-order valence-electron chi connectivity index (χ4n) is 1.72. The first-order chi connectivity index (χ1) is 8.99. The molecule has 1 aromatic heterocycles. The Morgan fingerprint density at radius 1 is 1.37 bits per heavy atom. The topological polar surface area (TPSA) is 62.2 Å². The molecule has 2 aromatic rings. The Morgan fingerprint density at radius 3 is 2.79 bits per heavy atom. The molecule has 0 unspecified atom stereocenters. The molecule has 2 rings (SSSR count). The maximum absolute atomic E-state index is 13.0. The van der Waals surface area contributed by atoms with Crippen LogP contribution in [0.1, 0.15) is 21.5 Å². The van der Waals surface area contributed by atoms with E-state index in [1.807, 2.05) is 32.0 Å². The van der Waals surface area contributed by atoms with Gasteiger partial charge in [-0.2, -0.15) is 0 Å². The second kappa shape index (κ2) is 5.06. The van der Waals surface area contributed by atoms with E-state index in [1.165, 1.54) is 0 Å². The Morgan fingerprint density at radius 2 is 2.11 bits per heavy atom. The molecule has 0 aliphatic heterocycles. The van der Waals surface area contributed by atoms with Gasteiger partial charge in [-0.1, -0.05) is 12.1 Å². The third-order valence-electron chi connectivity index (χ3n) is 2.94. The fourth-order valence-corrected chi connectivity index (χ4v) is 1.72. The highest BCUT2D eigenvalue weighted by atomic mass is 19.1. The number of aromatic carboxylic acids is 1. The number of nitrogens with zero attached hydrogens (tertiary/aromatic N) is 1. The van der Waals surface area contributed by atoms with Crippen LogP contribution in [0.4, 0.5) is 15.9 Å². The van der Waals surface area contributed by atoms with Gasteiger partial charge in [0.05, 0.1) is 6.20 Å². The Kier molecular flexibility index (Phi) is 3.46. The molecule has 5 heteroatoms. The number of anilines is 2. The average Bonchev–Trinajstić information content (AvgIpc) is 2.36. The number of rotatable bonds is 3. The second-order valence-electron chi connectivity index (χ2n) is 4.23. The molecule has 0 aliphatic rings. The van der Waals surface area contributed by atoms with Crippen LogP contribution in [-0.2, 0) is 0 Å². The van der Waals surface area contributed by atoms with Gasteiger partial charge < -0.3 is 10.4 Å². The highest BCUT2D eigenvalue weighted by Crippen LogP contribution is 2.24. The summed E-state index contributed by atoms with van der Waals surface area (Å²) in [5.41, 5.74) is 2.62. The summed E-state index contributed by atoms with van der Waals surface area (Å²) in [4.78, 5) is 14.9. The predicted octanol–water partition coefficient (Wildman–Crippen LogP) is 3.28. The molecule has 0 spiro atoms. The van der Waals surface area contributed by atoms with Crippen molar-refractivity contribution < 1.29 is 14.3 Å². The van der Waals surface area contributed by atoms with Crippen LogP contribution in [0.15, 0.2) is 30.5 Å². The molecule has 0 radical (unpaired) electrons. The van der Waals surface area contributed by atoms with Gasteiger partial charge in [-0.05, 0) is 37.1 Å². The van der Waals surface area contributed by atoms with E-state index in [2.05, 4.69) is 10.3 Å². The summed E-state index contributed by atoms with van der Waals surface area (Å²) in [6, 6.07) is 6.58. The molecule has 0 amide bonds. The maximum Gasteiger partial charge on any atom is 0.339 e. The van der Waals surface area contributed by atoms with Crippen molar-refractivity contribution in [2.45, 2.75) is 13.8 Å². The van der Waals surface area contributed by atoms with E-state index >= 15 is 0 Å². The summed E-state index contributed by atoms with van der Waals surface area (Å²) in [7, 11) is 0. The van der Waals surface area contributed by atoms with Crippen molar-refractivity contribution in [1.82, 2.24) is 4.98 Å². The number of aromatic nitrogens is 1. The molecule has 19 heavy (non-hydrogen) atoms. The van der Waals surface area contributed by atoms with Crippen LogP contribution in [0.5, 0.6) is 0 Å². The molecule has 1 aromatic carbocycles. The lowest BCUT2D eigenvalue weighted by Gasteiger charge is -2.12. The van der Waals surface area contributed by atoms with Crippen molar-refractivity contribution in [3.05, 3.63) is 53.0 Å². The van der Waals surface area contributed by atoms with Crippen LogP contribution >= 0.6 is 0 Å². The SMILES string of the molecule is Cc1cccc(Nc2ncc(F)cc2C(=O)O)c1C. The van der Waals surface area contributed by atoms with Gasteiger partial charge in [0.25, 0.3) is 0 Å². The molecular weight excluding hydrogens is 247 g/mol. The van der Waals surface area contributed by atoms with Crippen LogP contribution in [0, 0.1) is 19.7 Å². The van der Waals surface area contributed by atoms with Gasteiger partial charge in [-0.25, -0.2) is 14.2 Å². The van der Waals surface area contributed by atoms with Crippen molar-refractivity contribution in [2.75, 3.05) is 5.32 Å². The number of nitrogens with one attached hydrogen (secondary N) is 1. The van der Waals surface area contributed by atoms with Gasteiger partial charge in [0.2, 0.25) is 0 Å². The van der Waals surface area contributed by atoms with Gasteiger partial charge >= 0.3 is 5.97 Å². The lowest BCUT2D eigenvalue weighted by molar-refractivity contribution is 0.0697. The summed E-state index contributed by atoms with van der Waals surface area (Å²) in [6.07, 6.45) is 0.986. The second-order valence-corrected chi connectivity index (χ2v) is 4.23. The lowest BCUT2D eigenvalue weighted by atomic mass is 10.1. The molecule has 0 fully saturated rings. The Hall–Kier alpha value is -2.43. The van der Waals surface area contributed by atoms with Crippen molar-refractivity contribution in [3.8, 4) is 0 Å². The maximum atomic E-state index is 13.0. The standard InChI is InChI=1S/C14H13FN2O2/c1-8-4-3-5-12(9(8)2)17-13-11(14(18)19)6-10(15)7-16-13/h3-7H,1-2H3,(H,16,17)(H,18,19). The predicted molar refractivity (Wildman–Crippen MR) is 70.4 cm³/mol. The minimum Gasteiger partial charge on any atom is -0.478 e. The van der Waals surface area contributed by atoms with E-state index in [4.69, 9.17) is 5.11 Å². The zero-order valence-electron chi connectivity index (χ0n) is 10.6. The minimum absolute atomic E-state index is 0.127. The third-order valence-corrected chi connectivity index (χ3v) is 2.94. The average molecular weight is 260 g/mol. The number of hydrogen-bond acceptors (Lipinski definition) is 3. The molecule has 1 heterocycles. The van der Waals surface area contributed by atoms with Gasteiger partial charge in [0.15, 0.2) is 0 Å². The van der Waals surface area contributed by atoms with E-state index < -0.39 is 11.8 Å². The number of carbonyl (C=O) groups is 1. The van der Waals surface area contributed by atoms with E-state index in [9.17, 15) is 9.18 Å². The van der Waals surface area contributed by atoms with E-state index in [0.717, 1.165) is 29.1 Å². The summed E-state index contributed by atoms with van der Waals surface area (Å²) in [5, 5.41) is 12.0. The number of pyridine rings is 1. The van der Waals surface area contributed by atoms with Gasteiger partial charge in [0, 0.05) is 5.69 Å². The zero-order valence-corrected chi connectivity index (χ0v) is 10.6. The highest BCUT2D eigenvalue weighted by molar-refractivity contribution is 5.94. The highest BCUT2D eigenvalue weighted by Gasteiger charge is 2.14. The number of aryl methyl sites for hydroxylation is 1. The Labute approximate surface area is 109 Å². The number of carboxylic acid groups (broad SMARTS) is 1.